The van der Waals surface area contributed by atoms with E-state index in [2.05, 4.69) is 114 Å². The van der Waals surface area contributed by atoms with Gasteiger partial charge in [0.25, 0.3) is 0 Å². The summed E-state index contributed by atoms with van der Waals surface area (Å²) in [6, 6.07) is 17.6. The summed E-state index contributed by atoms with van der Waals surface area (Å²) in [7, 11) is 0.890. The Morgan fingerprint density at radius 2 is 1.27 bits per heavy atom. The van der Waals surface area contributed by atoms with Crippen molar-refractivity contribution in [3.8, 4) is 0 Å². The summed E-state index contributed by atoms with van der Waals surface area (Å²) >= 11 is 4.65. The summed E-state index contributed by atoms with van der Waals surface area (Å²) in [5, 5.41) is 0. The second-order valence-electron chi connectivity index (χ2n) is 9.88. The van der Waals surface area contributed by atoms with Crippen LogP contribution < -0.4 is 0 Å². The number of nitrogens with zero attached hydrogens (tertiary/aromatic N) is 2. The van der Waals surface area contributed by atoms with Gasteiger partial charge in [-0.05, 0) is 73.9 Å². The summed E-state index contributed by atoms with van der Waals surface area (Å²) in [6.45, 7) is 6.73. The number of benzene rings is 2. The van der Waals surface area contributed by atoms with Gasteiger partial charge in [-0.2, -0.15) is 0 Å². The van der Waals surface area contributed by atoms with E-state index >= 15 is 0 Å². The molecule has 0 N–H and O–H groups in total. The van der Waals surface area contributed by atoms with Gasteiger partial charge in [0.2, 0.25) is 11.4 Å². The van der Waals surface area contributed by atoms with Gasteiger partial charge in [0.05, 0.1) is 0 Å². The zero-order valence-corrected chi connectivity index (χ0v) is 28.7. The average Bonchev–Trinajstić information content (AvgIpc) is 3.25. The minimum atomic E-state index is 0.890. The van der Waals surface area contributed by atoms with Crippen molar-refractivity contribution in [2.24, 2.45) is 0 Å². The molecule has 2 nitrogen and oxygen atoms in total. The van der Waals surface area contributed by atoms with E-state index in [9.17, 15) is 5.53 Å². The van der Waals surface area contributed by atoms with Crippen LogP contribution in [0.25, 0.3) is 16.9 Å². The molecule has 1 aliphatic heterocycles. The molecule has 0 atom stereocenters. The van der Waals surface area contributed by atoms with Crippen LogP contribution in [-0.2, 0) is 23.6 Å². The van der Waals surface area contributed by atoms with Crippen molar-refractivity contribution in [2.45, 2.75) is 104 Å². The molecule has 0 amide bonds. The first-order chi connectivity index (χ1) is 18.1. The second kappa shape index (κ2) is 19.7. The topological polar surface area (TPSA) is 25.3 Å². The van der Waals surface area contributed by atoms with Crippen molar-refractivity contribution < 1.29 is 15.4 Å². The Balaban J connectivity index is 0.00000153. The third-order valence-corrected chi connectivity index (χ3v) is 6.94. The van der Waals surface area contributed by atoms with Gasteiger partial charge in [0.1, 0.15) is 0 Å². The zero-order chi connectivity index (χ0) is 26.9. The van der Waals surface area contributed by atoms with Crippen molar-refractivity contribution in [3.05, 3.63) is 88.0 Å². The van der Waals surface area contributed by atoms with Crippen LogP contribution in [0.5, 0.6) is 0 Å². The van der Waals surface area contributed by atoms with Crippen LogP contribution in [0.2, 0.25) is 0 Å². The second-order valence-corrected chi connectivity index (χ2v) is 21.9. The molecule has 2 aromatic rings. The van der Waals surface area contributed by atoms with Gasteiger partial charge in [0, 0.05) is 22.8 Å². The number of hydrogen-bond donors (Lipinski definition) is 0. The number of hydrogen-bond acceptors (Lipinski definition) is 0. The van der Waals surface area contributed by atoms with Gasteiger partial charge >= 0.3 is 49.8 Å². The Morgan fingerprint density at radius 3 is 1.95 bits per heavy atom. The molecule has 2 aromatic carbocycles. The molecule has 0 aliphatic carbocycles. The first kappa shape index (κ1) is 32.9. The molecule has 0 saturated carbocycles. The van der Waals surface area contributed by atoms with Crippen molar-refractivity contribution in [1.82, 2.24) is 0 Å². The summed E-state index contributed by atoms with van der Waals surface area (Å²) in [5.74, 6) is 0. The maximum atomic E-state index is 11.3. The average molecular weight is 817 g/mol. The molecule has 206 valence electrons. The number of unbranched alkanes of at least 4 members (excludes halogenated alkanes) is 7. The molecule has 3 rings (SSSR count). The fourth-order valence-electron chi connectivity index (χ4n) is 4.83. The van der Waals surface area contributed by atoms with Gasteiger partial charge in [-0.15, -0.1) is 0 Å². The molecule has 1 aliphatic rings. The van der Waals surface area contributed by atoms with Gasteiger partial charge in [-0.1, -0.05) is 90.0 Å². The molecule has 0 radical (unpaired) electrons. The van der Waals surface area contributed by atoms with Gasteiger partial charge < -0.3 is 5.53 Å². The van der Waals surface area contributed by atoms with Crippen LogP contribution >= 0.6 is 39.0 Å². The Bertz CT molecular complexity index is 1010. The van der Waals surface area contributed by atoms with E-state index in [0.29, 0.717) is 0 Å². The van der Waals surface area contributed by atoms with E-state index in [1.807, 2.05) is 0 Å². The van der Waals surface area contributed by atoms with Gasteiger partial charge in [-0.3, -0.25) is 0 Å². The number of allylic oxidation sites excluding steroid dienone is 2. The van der Waals surface area contributed by atoms with Gasteiger partial charge in [0.15, 0.2) is 0 Å². The van der Waals surface area contributed by atoms with E-state index in [0.717, 1.165) is 65.4 Å². The molecule has 0 bridgehead atoms. The quantitative estimate of drug-likeness (QED) is 0.0741. The fourth-order valence-corrected chi connectivity index (χ4v) is 4.83. The minimum absolute atomic E-state index is 0.890. The monoisotopic (exact) mass is 816 g/mol. The van der Waals surface area contributed by atoms with Crippen molar-refractivity contribution >= 4 is 50.4 Å². The Kier molecular flexibility index (Phi) is 17.5. The number of halogens is 2. The van der Waals surface area contributed by atoms with E-state index in [-0.39, 0.29) is 0 Å². The molecule has 0 saturated heterocycles. The number of aryl methyl sites for hydroxylation is 2. The van der Waals surface area contributed by atoms with Crippen molar-refractivity contribution in [3.63, 3.8) is 0 Å². The molecule has 0 aromatic heterocycles. The summed E-state index contributed by atoms with van der Waals surface area (Å²) < 4.78 is 1.44. The van der Waals surface area contributed by atoms with Crippen molar-refractivity contribution in [2.75, 3.05) is 0 Å². The molecule has 5 heteroatoms. The van der Waals surface area contributed by atoms with Crippen LogP contribution in [0.15, 0.2) is 60.2 Å². The number of rotatable bonds is 15. The SMILES string of the molecule is CCCCCCCCc1cccc(C2=C(CCCC)C=C(c3ccc(CCCC)cc3)[N+]2=[N-])c1.[I][Pd][I]. The molecule has 0 spiro atoms. The summed E-state index contributed by atoms with van der Waals surface area (Å²) in [4.78, 5) is 0. The standard InChI is InChI=1S/C32H44N2.2HI.Pd/c1-4-7-10-11-12-13-16-27-17-14-19-29(24-27)32-30(18-9-6-3)25-31(34(32)33)28-22-20-26(21-23-28)15-8-5-2;;;/h14,17,19-25H,4-13,15-16,18H2,1-3H3;2*1H;/q;;;+2/p-2. The Labute approximate surface area is 255 Å². The van der Waals surface area contributed by atoms with Crippen molar-refractivity contribution in [1.29, 1.82) is 0 Å². The van der Waals surface area contributed by atoms with E-state index in [4.69, 9.17) is 0 Å². The molecule has 37 heavy (non-hydrogen) atoms. The van der Waals surface area contributed by atoms with Crippen LogP contribution in [0.3, 0.4) is 0 Å². The van der Waals surface area contributed by atoms with Crippen LogP contribution in [0.4, 0.5) is 0 Å². The maximum absolute atomic E-state index is 11.3. The van der Waals surface area contributed by atoms with E-state index in [1.54, 1.807) is 0 Å². The molecular weight excluding hydrogens is 773 g/mol. The predicted octanol–water partition coefficient (Wildman–Crippen LogP) is 11.7. The third kappa shape index (κ3) is 11.3. The normalized spacial score (nSPS) is 13.1. The van der Waals surface area contributed by atoms with Gasteiger partial charge in [-0.25, -0.2) is 4.70 Å². The van der Waals surface area contributed by atoms with E-state index in [1.165, 1.54) is 72.8 Å². The molecule has 0 fully saturated rings. The third-order valence-electron chi connectivity index (χ3n) is 6.94. The fraction of sp³-hybridized carbons (Fsp3) is 0.500. The van der Waals surface area contributed by atoms with Crippen LogP contribution in [-0.4, -0.2) is 4.70 Å². The van der Waals surface area contributed by atoms with Crippen LogP contribution in [0.1, 0.15) is 114 Å². The Morgan fingerprint density at radius 1 is 0.676 bits per heavy atom. The summed E-state index contributed by atoms with van der Waals surface area (Å²) in [6.07, 6.45) is 18.0. The molecular formula is C32H44I2N2Pd. The Hall–Kier alpha value is -0.358. The van der Waals surface area contributed by atoms with E-state index < -0.39 is 0 Å². The summed E-state index contributed by atoms with van der Waals surface area (Å²) in [5.41, 5.74) is 19.4. The first-order valence-electron chi connectivity index (χ1n) is 14.0. The predicted molar refractivity (Wildman–Crippen MR) is 175 cm³/mol. The molecule has 1 heterocycles. The van der Waals surface area contributed by atoms with Crippen LogP contribution in [0, 0.1) is 0 Å². The molecule has 0 unspecified atom stereocenters. The first-order valence-corrected chi connectivity index (χ1v) is 23.3. The zero-order valence-electron chi connectivity index (χ0n) is 22.9.